The van der Waals surface area contributed by atoms with E-state index in [-0.39, 0.29) is 18.5 Å². The summed E-state index contributed by atoms with van der Waals surface area (Å²) in [5.41, 5.74) is 6.87. The molecule has 2 aliphatic carbocycles. The normalized spacial score (nSPS) is 18.6. The fraction of sp³-hybridized carbons (Fsp3) is 0.500. The van der Waals surface area contributed by atoms with E-state index in [2.05, 4.69) is 11.4 Å². The average molecular weight is 362 g/mol. The monoisotopic (exact) mass is 362 g/mol. The maximum atomic E-state index is 12.1. The van der Waals surface area contributed by atoms with Crippen LogP contribution in [0.25, 0.3) is 0 Å². The van der Waals surface area contributed by atoms with Gasteiger partial charge >= 0.3 is 5.97 Å². The van der Waals surface area contributed by atoms with Gasteiger partial charge in [0.25, 0.3) is 11.8 Å². The van der Waals surface area contributed by atoms with Crippen LogP contribution in [0.15, 0.2) is 12.2 Å². The van der Waals surface area contributed by atoms with Gasteiger partial charge in [-0.1, -0.05) is 12.2 Å². The van der Waals surface area contributed by atoms with Crippen molar-refractivity contribution in [2.45, 2.75) is 44.9 Å². The number of nitrogens with two attached hydrogens (primary N) is 1. The zero-order valence-electron chi connectivity index (χ0n) is 14.0. The van der Waals surface area contributed by atoms with Crippen molar-refractivity contribution < 1.29 is 19.1 Å². The molecule has 1 heterocycles. The molecule has 1 aromatic heterocycles. The minimum atomic E-state index is -0.528. The van der Waals surface area contributed by atoms with Gasteiger partial charge in [0, 0.05) is 4.88 Å². The number of rotatable bonds is 6. The minimum absolute atomic E-state index is 0.209. The van der Waals surface area contributed by atoms with Crippen LogP contribution in [0.3, 0.4) is 0 Å². The third kappa shape index (κ3) is 4.28. The van der Waals surface area contributed by atoms with E-state index in [1.54, 1.807) is 0 Å². The van der Waals surface area contributed by atoms with Crippen LogP contribution in [-0.4, -0.2) is 24.4 Å². The van der Waals surface area contributed by atoms with Crippen molar-refractivity contribution >= 4 is 34.1 Å². The summed E-state index contributed by atoms with van der Waals surface area (Å²) in [6.07, 6.45) is 10.1. The number of anilines is 1. The molecule has 1 atom stereocenters. The standard InChI is InChI=1S/C18H22N2O4S/c19-17(23)16-12-7-3-4-8-13(12)25-18(16)20-14(21)10-24-15(22)9-11-5-1-2-6-11/h1,5,11H,2-4,6-10H2,(H2,19,23)(H,20,21)/t11-/m0/s1. The molecule has 0 aliphatic heterocycles. The second-order valence-corrected chi connectivity index (χ2v) is 7.56. The highest BCUT2D eigenvalue weighted by molar-refractivity contribution is 7.17. The number of allylic oxidation sites excluding steroid dienone is 2. The highest BCUT2D eigenvalue weighted by Gasteiger charge is 2.25. The molecule has 0 unspecified atom stereocenters. The first-order valence-corrected chi connectivity index (χ1v) is 9.42. The lowest BCUT2D eigenvalue weighted by Gasteiger charge is -2.11. The van der Waals surface area contributed by atoms with E-state index in [1.807, 2.05) is 6.08 Å². The Hall–Kier alpha value is -2.15. The topological polar surface area (TPSA) is 98.5 Å². The Kier molecular flexibility index (Phi) is 5.53. The molecule has 6 nitrogen and oxygen atoms in total. The van der Waals surface area contributed by atoms with Crippen LogP contribution in [0, 0.1) is 5.92 Å². The van der Waals surface area contributed by atoms with Crippen molar-refractivity contribution in [2.24, 2.45) is 11.7 Å². The predicted octanol–water partition coefficient (Wildman–Crippen LogP) is 2.56. The number of amides is 2. The number of ether oxygens (including phenoxy) is 1. The molecule has 0 saturated heterocycles. The second kappa shape index (κ2) is 7.82. The molecule has 0 aromatic carbocycles. The smallest absolute Gasteiger partial charge is 0.306 e. The third-order valence-electron chi connectivity index (χ3n) is 4.58. The van der Waals surface area contributed by atoms with Crippen molar-refractivity contribution in [3.8, 4) is 0 Å². The number of primary amides is 1. The lowest BCUT2D eigenvalue weighted by Crippen LogP contribution is -2.23. The van der Waals surface area contributed by atoms with E-state index in [4.69, 9.17) is 10.5 Å². The number of fused-ring (bicyclic) bond motifs is 1. The van der Waals surface area contributed by atoms with Gasteiger partial charge in [0.1, 0.15) is 5.00 Å². The van der Waals surface area contributed by atoms with Gasteiger partial charge in [-0.3, -0.25) is 14.4 Å². The molecule has 0 saturated carbocycles. The SMILES string of the molecule is NC(=O)c1c(NC(=O)COC(=O)C[C@H]2C=CCC2)sc2c1CCCC2. The molecule has 0 bridgehead atoms. The van der Waals surface area contributed by atoms with Crippen molar-refractivity contribution in [2.75, 3.05) is 11.9 Å². The molecule has 7 heteroatoms. The van der Waals surface area contributed by atoms with Crippen molar-refractivity contribution in [1.29, 1.82) is 0 Å². The first kappa shape index (κ1) is 17.7. The summed E-state index contributed by atoms with van der Waals surface area (Å²) >= 11 is 1.40. The Morgan fingerprint density at radius 2 is 2.08 bits per heavy atom. The summed E-state index contributed by atoms with van der Waals surface area (Å²) in [5, 5.41) is 3.16. The van der Waals surface area contributed by atoms with Gasteiger partial charge in [0.05, 0.1) is 12.0 Å². The largest absolute Gasteiger partial charge is 0.456 e. The summed E-state index contributed by atoms with van der Waals surface area (Å²) < 4.78 is 5.04. The minimum Gasteiger partial charge on any atom is -0.456 e. The van der Waals surface area contributed by atoms with E-state index in [9.17, 15) is 14.4 Å². The quantitative estimate of drug-likeness (QED) is 0.600. The van der Waals surface area contributed by atoms with Crippen molar-refractivity contribution in [3.63, 3.8) is 0 Å². The molecular formula is C18H22N2O4S. The number of carbonyl (C=O) groups is 3. The predicted molar refractivity (Wildman–Crippen MR) is 95.5 cm³/mol. The van der Waals surface area contributed by atoms with E-state index in [0.717, 1.165) is 49.0 Å². The summed E-state index contributed by atoms with van der Waals surface area (Å²) in [6, 6.07) is 0. The molecule has 0 spiro atoms. The van der Waals surface area contributed by atoms with Crippen LogP contribution in [0.5, 0.6) is 0 Å². The van der Waals surface area contributed by atoms with Crippen molar-refractivity contribution in [1.82, 2.24) is 0 Å². The molecule has 3 N–H and O–H groups in total. The molecule has 0 radical (unpaired) electrons. The fourth-order valence-corrected chi connectivity index (χ4v) is 4.67. The summed E-state index contributed by atoms with van der Waals surface area (Å²) in [4.78, 5) is 36.8. The van der Waals surface area contributed by atoms with E-state index in [0.29, 0.717) is 17.0 Å². The van der Waals surface area contributed by atoms with E-state index >= 15 is 0 Å². The number of hydrogen-bond acceptors (Lipinski definition) is 5. The maximum absolute atomic E-state index is 12.1. The molecular weight excluding hydrogens is 340 g/mol. The highest BCUT2D eigenvalue weighted by Crippen LogP contribution is 2.37. The Morgan fingerprint density at radius 3 is 2.80 bits per heavy atom. The van der Waals surface area contributed by atoms with Crippen LogP contribution in [0.2, 0.25) is 0 Å². The molecule has 2 aliphatic rings. The maximum Gasteiger partial charge on any atom is 0.306 e. The van der Waals surface area contributed by atoms with Gasteiger partial charge in [0.2, 0.25) is 0 Å². The van der Waals surface area contributed by atoms with Crippen LogP contribution >= 0.6 is 11.3 Å². The van der Waals surface area contributed by atoms with Gasteiger partial charge in [-0.15, -0.1) is 11.3 Å². The molecule has 2 amide bonds. The highest BCUT2D eigenvalue weighted by atomic mass is 32.1. The molecule has 25 heavy (non-hydrogen) atoms. The number of hydrogen-bond donors (Lipinski definition) is 2. The molecule has 1 aromatic rings. The second-order valence-electron chi connectivity index (χ2n) is 6.46. The number of thiophene rings is 1. The van der Waals surface area contributed by atoms with Crippen LogP contribution in [0.4, 0.5) is 5.00 Å². The Labute approximate surface area is 150 Å². The van der Waals surface area contributed by atoms with E-state index < -0.39 is 11.8 Å². The van der Waals surface area contributed by atoms with E-state index in [1.165, 1.54) is 11.3 Å². The Bertz CT molecular complexity index is 723. The van der Waals surface area contributed by atoms with Crippen LogP contribution < -0.4 is 11.1 Å². The Balaban J connectivity index is 1.57. The van der Waals surface area contributed by atoms with Gasteiger partial charge in [-0.05, 0) is 50.0 Å². The third-order valence-corrected chi connectivity index (χ3v) is 5.78. The van der Waals surface area contributed by atoms with Gasteiger partial charge in [-0.2, -0.15) is 0 Å². The van der Waals surface area contributed by atoms with Gasteiger partial charge in [-0.25, -0.2) is 0 Å². The first-order chi connectivity index (χ1) is 12.0. The zero-order chi connectivity index (χ0) is 17.8. The van der Waals surface area contributed by atoms with Crippen LogP contribution in [-0.2, 0) is 27.2 Å². The fourth-order valence-electron chi connectivity index (χ4n) is 3.36. The first-order valence-electron chi connectivity index (χ1n) is 8.61. The average Bonchev–Trinajstić information content (AvgIpc) is 3.19. The van der Waals surface area contributed by atoms with Gasteiger partial charge < -0.3 is 15.8 Å². The molecule has 134 valence electrons. The summed E-state index contributed by atoms with van der Waals surface area (Å²) in [5.74, 6) is -1.15. The number of aryl methyl sites for hydroxylation is 1. The molecule has 0 fully saturated rings. The lowest BCUT2D eigenvalue weighted by molar-refractivity contribution is -0.147. The molecule has 3 rings (SSSR count). The number of nitrogens with one attached hydrogen (secondary N) is 1. The lowest BCUT2D eigenvalue weighted by atomic mass is 9.95. The Morgan fingerprint density at radius 1 is 1.28 bits per heavy atom. The number of carbonyl (C=O) groups excluding carboxylic acids is 3. The summed E-state index contributed by atoms with van der Waals surface area (Å²) in [6.45, 7) is -0.351. The van der Waals surface area contributed by atoms with Crippen molar-refractivity contribution in [3.05, 3.63) is 28.2 Å². The zero-order valence-corrected chi connectivity index (χ0v) is 14.8. The van der Waals surface area contributed by atoms with Gasteiger partial charge in [0.15, 0.2) is 6.61 Å². The van der Waals surface area contributed by atoms with Crippen LogP contribution in [0.1, 0.15) is 52.9 Å². The summed E-state index contributed by atoms with van der Waals surface area (Å²) in [7, 11) is 0. The number of esters is 1.